The van der Waals surface area contributed by atoms with Crippen molar-refractivity contribution in [1.29, 1.82) is 0 Å². The van der Waals surface area contributed by atoms with Crippen molar-refractivity contribution < 1.29 is 28.6 Å². The largest absolute Gasteiger partial charge is 0.489 e. The van der Waals surface area contributed by atoms with Crippen LogP contribution in [0.25, 0.3) is 16.8 Å². The van der Waals surface area contributed by atoms with E-state index in [0.717, 1.165) is 26.8 Å². The number of anilines is 1. The molecule has 0 atom stereocenters. The Bertz CT molecular complexity index is 1720. The smallest absolute Gasteiger partial charge is 0.335 e. The van der Waals surface area contributed by atoms with Crippen LogP contribution < -0.4 is 24.4 Å². The number of fused-ring (bicyclic) bond motifs is 2. The van der Waals surface area contributed by atoms with Crippen molar-refractivity contribution >= 4 is 40.4 Å². The molecule has 4 aromatic carbocycles. The van der Waals surface area contributed by atoms with Gasteiger partial charge in [0.2, 0.25) is 6.79 Å². The molecule has 4 amide bonds. The van der Waals surface area contributed by atoms with Gasteiger partial charge in [0.25, 0.3) is 11.8 Å². The van der Waals surface area contributed by atoms with E-state index in [2.05, 4.69) is 30.1 Å². The van der Waals surface area contributed by atoms with Crippen LogP contribution in [0.2, 0.25) is 0 Å². The van der Waals surface area contributed by atoms with E-state index in [1.54, 1.807) is 24.3 Å². The van der Waals surface area contributed by atoms with Crippen LogP contribution >= 0.6 is 0 Å². The second kappa shape index (κ2) is 10.4. The number of barbiturate groups is 1. The molecule has 6 rings (SSSR count). The predicted molar refractivity (Wildman–Crippen MR) is 150 cm³/mol. The summed E-state index contributed by atoms with van der Waals surface area (Å²) in [6.07, 6.45) is 3.74. The van der Waals surface area contributed by atoms with E-state index < -0.39 is 17.8 Å². The number of hydrogen-bond acceptors (Lipinski definition) is 6. The first kappa shape index (κ1) is 24.9. The molecule has 1 saturated heterocycles. The number of allylic oxidation sites excluding steroid dienone is 1. The summed E-state index contributed by atoms with van der Waals surface area (Å²) >= 11 is 0. The molecule has 2 heterocycles. The van der Waals surface area contributed by atoms with Crippen LogP contribution in [0.3, 0.4) is 0 Å². The van der Waals surface area contributed by atoms with Gasteiger partial charge in [0, 0.05) is 6.07 Å². The molecular weight excluding hydrogens is 508 g/mol. The van der Waals surface area contributed by atoms with Crippen LogP contribution in [0.15, 0.2) is 97.1 Å². The zero-order chi connectivity index (χ0) is 27.6. The Morgan fingerprint density at radius 3 is 2.60 bits per heavy atom. The summed E-state index contributed by atoms with van der Waals surface area (Å²) in [7, 11) is 0. The summed E-state index contributed by atoms with van der Waals surface area (Å²) < 4.78 is 16.9. The molecule has 0 radical (unpaired) electrons. The fourth-order valence-electron chi connectivity index (χ4n) is 4.80. The van der Waals surface area contributed by atoms with E-state index >= 15 is 0 Å². The number of nitrogens with one attached hydrogen (secondary N) is 1. The first-order valence-corrected chi connectivity index (χ1v) is 12.7. The van der Waals surface area contributed by atoms with Gasteiger partial charge in [0.1, 0.15) is 17.9 Å². The number of carbonyl (C=O) groups excluding carboxylic acids is 3. The number of nitrogens with zero attached hydrogens (tertiary/aromatic N) is 1. The molecule has 40 heavy (non-hydrogen) atoms. The minimum atomic E-state index is -0.837. The molecule has 2 aliphatic rings. The molecule has 0 bridgehead atoms. The third-order valence-corrected chi connectivity index (χ3v) is 6.74. The molecule has 0 spiro atoms. The number of carbonyl (C=O) groups is 3. The van der Waals surface area contributed by atoms with Gasteiger partial charge in [-0.3, -0.25) is 14.9 Å². The van der Waals surface area contributed by atoms with E-state index in [0.29, 0.717) is 35.8 Å². The third-order valence-electron chi connectivity index (χ3n) is 6.74. The molecule has 1 fully saturated rings. The van der Waals surface area contributed by atoms with Crippen molar-refractivity contribution in [3.05, 3.63) is 114 Å². The zero-order valence-corrected chi connectivity index (χ0v) is 21.4. The minimum absolute atomic E-state index is 0.0528. The third kappa shape index (κ3) is 4.67. The monoisotopic (exact) mass is 532 g/mol. The quantitative estimate of drug-likeness (QED) is 0.191. The lowest BCUT2D eigenvalue weighted by Gasteiger charge is -2.26. The summed E-state index contributed by atoms with van der Waals surface area (Å²) in [5.74, 6) is 0.0842. The second-order valence-electron chi connectivity index (χ2n) is 9.28. The Labute approximate surface area is 230 Å². The van der Waals surface area contributed by atoms with E-state index in [-0.39, 0.29) is 18.1 Å². The van der Waals surface area contributed by atoms with Gasteiger partial charge in [-0.1, -0.05) is 54.6 Å². The van der Waals surface area contributed by atoms with E-state index in [9.17, 15) is 14.4 Å². The molecule has 0 saturated carbocycles. The van der Waals surface area contributed by atoms with Crippen molar-refractivity contribution in [3.63, 3.8) is 0 Å². The summed E-state index contributed by atoms with van der Waals surface area (Å²) in [5.41, 5.74) is 2.59. The van der Waals surface area contributed by atoms with Gasteiger partial charge in [-0.05, 0) is 64.2 Å². The Hall–Kier alpha value is -5.37. The average Bonchev–Trinajstić information content (AvgIpc) is 3.43. The Morgan fingerprint density at radius 2 is 1.73 bits per heavy atom. The molecular formula is C32H24N2O6. The highest BCUT2D eigenvalue weighted by Crippen LogP contribution is 2.36. The first-order chi connectivity index (χ1) is 19.5. The van der Waals surface area contributed by atoms with E-state index in [1.165, 1.54) is 12.1 Å². The van der Waals surface area contributed by atoms with Crippen LogP contribution in [-0.4, -0.2) is 24.6 Å². The Balaban J connectivity index is 1.27. The van der Waals surface area contributed by atoms with Crippen LogP contribution in [0.1, 0.15) is 16.7 Å². The van der Waals surface area contributed by atoms with Gasteiger partial charge in [0.15, 0.2) is 11.5 Å². The van der Waals surface area contributed by atoms with Gasteiger partial charge < -0.3 is 14.2 Å². The van der Waals surface area contributed by atoms with Crippen molar-refractivity contribution in [3.8, 4) is 17.2 Å². The summed E-state index contributed by atoms with van der Waals surface area (Å²) in [5, 5.41) is 4.51. The van der Waals surface area contributed by atoms with Crippen molar-refractivity contribution in [2.75, 3.05) is 11.7 Å². The summed E-state index contributed by atoms with van der Waals surface area (Å²) in [4.78, 5) is 39.6. The molecule has 0 unspecified atom stereocenters. The van der Waals surface area contributed by atoms with Crippen LogP contribution in [0, 0.1) is 0 Å². The van der Waals surface area contributed by atoms with Gasteiger partial charge in [0.05, 0.1) is 5.69 Å². The van der Waals surface area contributed by atoms with Crippen molar-refractivity contribution in [2.45, 2.75) is 13.0 Å². The zero-order valence-electron chi connectivity index (χ0n) is 21.4. The van der Waals surface area contributed by atoms with Gasteiger partial charge in [-0.15, -0.1) is 6.58 Å². The van der Waals surface area contributed by atoms with Crippen molar-refractivity contribution in [2.24, 2.45) is 0 Å². The highest BCUT2D eigenvalue weighted by molar-refractivity contribution is 6.39. The molecule has 8 heteroatoms. The first-order valence-electron chi connectivity index (χ1n) is 12.7. The number of imide groups is 2. The molecule has 198 valence electrons. The fourth-order valence-corrected chi connectivity index (χ4v) is 4.80. The lowest BCUT2D eigenvalue weighted by Crippen LogP contribution is -2.54. The number of rotatable bonds is 7. The molecule has 0 aromatic heterocycles. The molecule has 1 N–H and O–H groups in total. The molecule has 2 aliphatic heterocycles. The van der Waals surface area contributed by atoms with E-state index in [1.807, 2.05) is 36.4 Å². The minimum Gasteiger partial charge on any atom is -0.489 e. The average molecular weight is 533 g/mol. The summed E-state index contributed by atoms with van der Waals surface area (Å²) in [6.45, 7) is 4.28. The highest BCUT2D eigenvalue weighted by atomic mass is 16.7. The van der Waals surface area contributed by atoms with Crippen LogP contribution in [0.5, 0.6) is 17.2 Å². The Morgan fingerprint density at radius 1 is 0.900 bits per heavy atom. The normalized spacial score (nSPS) is 15.4. The number of ether oxygens (including phenoxy) is 3. The predicted octanol–water partition coefficient (Wildman–Crippen LogP) is 5.54. The second-order valence-corrected chi connectivity index (χ2v) is 9.28. The maximum Gasteiger partial charge on any atom is 0.335 e. The lowest BCUT2D eigenvalue weighted by molar-refractivity contribution is -0.122. The molecule has 0 aliphatic carbocycles. The van der Waals surface area contributed by atoms with E-state index in [4.69, 9.17) is 14.2 Å². The number of hydrogen-bond donors (Lipinski definition) is 1. The van der Waals surface area contributed by atoms with Gasteiger partial charge >= 0.3 is 6.03 Å². The summed E-state index contributed by atoms with van der Waals surface area (Å²) in [6, 6.07) is 23.5. The lowest BCUT2D eigenvalue weighted by atomic mass is 10.0. The number of benzene rings is 4. The molecule has 8 nitrogen and oxygen atoms in total. The standard InChI is InChI=1S/C32H24N2O6/c1-2-6-22-15-20(11-13-27(22)38-18-23-9-5-8-21-7-3-4-10-25(21)23)16-26-30(35)33-32(37)34(31(26)36)24-12-14-28-29(17-24)40-19-39-28/h2-5,7-17H,1,6,18-19H2,(H,33,35,37)/b26-16+. The topological polar surface area (TPSA) is 94.2 Å². The fraction of sp³-hybridized carbons (Fsp3) is 0.0938. The number of urea groups is 1. The number of amides is 4. The Kier molecular flexibility index (Phi) is 6.49. The SMILES string of the molecule is C=CCc1cc(/C=C2\C(=O)NC(=O)N(c3ccc4c(c3)OCO4)C2=O)ccc1OCc1cccc2ccccc12. The highest BCUT2D eigenvalue weighted by Gasteiger charge is 2.37. The maximum absolute atomic E-state index is 13.4. The van der Waals surface area contributed by atoms with Gasteiger partial charge in [-0.25, -0.2) is 9.69 Å². The van der Waals surface area contributed by atoms with Crippen molar-refractivity contribution in [1.82, 2.24) is 5.32 Å². The van der Waals surface area contributed by atoms with Crippen LogP contribution in [0.4, 0.5) is 10.5 Å². The van der Waals surface area contributed by atoms with Gasteiger partial charge in [-0.2, -0.15) is 0 Å². The molecule has 4 aromatic rings. The van der Waals surface area contributed by atoms with Crippen LogP contribution in [-0.2, 0) is 22.6 Å². The maximum atomic E-state index is 13.4.